The third kappa shape index (κ3) is 11.5. The fourth-order valence-electron chi connectivity index (χ4n) is 21.0. The molecule has 0 fully saturated rings. The number of para-hydroxylation sites is 3. The number of aromatic nitrogens is 4. The summed E-state index contributed by atoms with van der Waals surface area (Å²) in [6.07, 6.45) is 0. The van der Waals surface area contributed by atoms with E-state index in [-0.39, 0.29) is 0 Å². The van der Waals surface area contributed by atoms with Crippen molar-refractivity contribution in [2.45, 2.75) is 27.7 Å². The summed E-state index contributed by atoms with van der Waals surface area (Å²) in [4.78, 5) is 0. The van der Waals surface area contributed by atoms with E-state index in [1.54, 1.807) is 0 Å². The first-order chi connectivity index (χ1) is 60.0. The van der Waals surface area contributed by atoms with E-state index < -0.39 is 16.1 Å². The van der Waals surface area contributed by atoms with Gasteiger partial charge in [-0.05, 0) is 0 Å². The van der Waals surface area contributed by atoms with Crippen LogP contribution in [0, 0.1) is 50.4 Å². The van der Waals surface area contributed by atoms with Crippen molar-refractivity contribution in [1.29, 1.82) is 10.5 Å². The minimum absolute atomic E-state index is 0.633. The third-order valence-corrected chi connectivity index (χ3v) is 37.6. The molecule has 4 heterocycles. The Balaban J connectivity index is 0.792. The fraction of sp³-hybridized carbons (Fsp3) is 0.0351. The molecular formula is C114H82N6Si2-2. The van der Waals surface area contributed by atoms with Gasteiger partial charge in [-0.25, -0.2) is 0 Å². The van der Waals surface area contributed by atoms with Crippen molar-refractivity contribution in [2.75, 3.05) is 0 Å². The Morgan fingerprint density at radius 2 is 0.508 bits per heavy atom. The summed E-state index contributed by atoms with van der Waals surface area (Å²) >= 11 is 0. The van der Waals surface area contributed by atoms with Crippen molar-refractivity contribution in [3.05, 3.63) is 446 Å². The molecule has 4 aromatic heterocycles. The van der Waals surface area contributed by atoms with Gasteiger partial charge in [-0.1, -0.05) is 0 Å². The quantitative estimate of drug-likeness (QED) is 0.0758. The van der Waals surface area contributed by atoms with Crippen LogP contribution in [0.15, 0.2) is 413 Å². The molecule has 0 saturated carbocycles. The van der Waals surface area contributed by atoms with Crippen LogP contribution in [0.5, 0.6) is 0 Å². The van der Waals surface area contributed by atoms with Crippen molar-refractivity contribution >= 4 is 145 Å². The number of rotatable bonds is 15. The van der Waals surface area contributed by atoms with E-state index in [4.69, 9.17) is 0 Å². The summed E-state index contributed by atoms with van der Waals surface area (Å²) in [6, 6.07) is 160. The zero-order valence-corrected chi connectivity index (χ0v) is 70.4. The summed E-state index contributed by atoms with van der Waals surface area (Å²) in [5.41, 5.74) is 25.8. The molecular weight excluding hydrogens is 1510 g/mol. The molecule has 122 heavy (non-hydrogen) atoms. The average molecular weight is 1590 g/mol. The number of hydrogen-bond donors (Lipinski definition) is 0. The molecule has 18 aromatic carbocycles. The van der Waals surface area contributed by atoms with Gasteiger partial charge < -0.3 is 0 Å². The van der Waals surface area contributed by atoms with E-state index in [9.17, 15) is 10.5 Å². The van der Waals surface area contributed by atoms with E-state index in [0.717, 1.165) is 106 Å². The molecule has 0 bridgehead atoms. The van der Waals surface area contributed by atoms with Crippen LogP contribution < -0.4 is 41.5 Å². The van der Waals surface area contributed by atoms with Gasteiger partial charge in [-0.15, -0.1) is 0 Å². The van der Waals surface area contributed by atoms with Gasteiger partial charge in [-0.3, -0.25) is 0 Å². The van der Waals surface area contributed by atoms with Gasteiger partial charge in [0.1, 0.15) is 0 Å². The Bertz CT molecular complexity index is 7830. The Kier molecular flexibility index (Phi) is 17.5. The molecule has 0 N–H and O–H groups in total. The number of aryl methyl sites for hydroxylation is 4. The van der Waals surface area contributed by atoms with Crippen LogP contribution in [0.2, 0.25) is 0 Å². The fourth-order valence-corrected chi connectivity index (χ4v) is 32.0. The molecule has 578 valence electrons. The monoisotopic (exact) mass is 1590 g/mol. The standard InChI is InChI=1S/C114H82N6Si2/c1-75-39-61-105-98(67-75)99-68-76(2)40-62-106(99)118(105)109-65-60-92(71-112(109)119-107-63-41-77(3)69-100(107)101-70-78(4)42-64-108(101)119)122(87-28-12-7-13-29-87,88-53-47-81(48-54-88)80-45-43-79(73-115)44-46-80)90-57-51-83(52-58-90)94-34-22-38-111-114(94)97-33-18-21-37-104(97)120(111)113-72-91(59-66-110(113)117-102-35-19-16-31-95(102)96-32-17-20-36-103(96)117)121(85-24-8-5-9-25-85,86-26-10-6-11-27-86)89-55-49-82(50-56-89)93-30-15-14-23-84(93)74-116/h5-72,121-122H,1-4H3/q-2. The first-order valence-corrected chi connectivity index (χ1v) is 46.8. The van der Waals surface area contributed by atoms with Crippen LogP contribution in [0.3, 0.4) is 0 Å². The number of nitriles is 2. The Morgan fingerprint density at radius 3 is 0.926 bits per heavy atom. The molecule has 22 aromatic rings. The van der Waals surface area contributed by atoms with Gasteiger partial charge in [0.2, 0.25) is 0 Å². The van der Waals surface area contributed by atoms with E-state index in [2.05, 4.69) is 440 Å². The summed E-state index contributed by atoms with van der Waals surface area (Å²) < 4.78 is 10.2. The van der Waals surface area contributed by atoms with Crippen LogP contribution in [0.1, 0.15) is 33.4 Å². The van der Waals surface area contributed by atoms with Crippen LogP contribution in [-0.4, -0.2) is 34.4 Å². The molecule has 0 aliphatic carbocycles. The normalized spacial score (nSPS) is 12.2. The molecule has 0 atom stereocenters. The summed E-state index contributed by atoms with van der Waals surface area (Å²) in [7, 11) is -7.79. The molecule has 0 unspecified atom stereocenters. The Hall–Kier alpha value is -15.4. The second-order valence-electron chi connectivity index (χ2n) is 33.3. The molecule has 0 spiro atoms. The molecule has 0 aliphatic rings. The van der Waals surface area contributed by atoms with Crippen molar-refractivity contribution in [2.24, 2.45) is 0 Å². The Labute approximate surface area is 710 Å². The number of hydrogen-bond acceptors (Lipinski definition) is 2. The second-order valence-corrected chi connectivity index (χ2v) is 42.1. The maximum atomic E-state index is 10.4. The van der Waals surface area contributed by atoms with Crippen molar-refractivity contribution in [1.82, 2.24) is 18.3 Å². The van der Waals surface area contributed by atoms with Gasteiger partial charge >= 0.3 is 716 Å². The molecule has 0 saturated heterocycles. The zero-order valence-electron chi connectivity index (χ0n) is 68.1. The van der Waals surface area contributed by atoms with Crippen LogP contribution >= 0.6 is 0 Å². The number of fused-ring (bicyclic) bond motifs is 12. The summed E-state index contributed by atoms with van der Waals surface area (Å²) in [5.74, 6) is 0. The van der Waals surface area contributed by atoms with Gasteiger partial charge in [0, 0.05) is 0 Å². The van der Waals surface area contributed by atoms with E-state index in [1.807, 2.05) is 30.3 Å². The number of nitrogens with zero attached hydrogens (tertiary/aromatic N) is 6. The van der Waals surface area contributed by atoms with E-state index >= 15 is 0 Å². The van der Waals surface area contributed by atoms with E-state index in [1.165, 1.54) is 101 Å². The third-order valence-electron chi connectivity index (χ3n) is 26.5. The van der Waals surface area contributed by atoms with Crippen molar-refractivity contribution in [3.63, 3.8) is 0 Å². The predicted molar refractivity (Wildman–Crippen MR) is 519 cm³/mol. The molecule has 22 rings (SSSR count). The van der Waals surface area contributed by atoms with Gasteiger partial charge in [0.05, 0.1) is 0 Å². The molecule has 8 heteroatoms. The Morgan fingerprint density at radius 1 is 0.205 bits per heavy atom. The van der Waals surface area contributed by atoms with Crippen LogP contribution in [0.4, 0.5) is 0 Å². The first kappa shape index (κ1) is 73.0. The zero-order chi connectivity index (χ0) is 81.9. The van der Waals surface area contributed by atoms with E-state index in [0.29, 0.717) is 11.1 Å². The van der Waals surface area contributed by atoms with Crippen LogP contribution in [0.25, 0.3) is 143 Å². The molecule has 6 nitrogen and oxygen atoms in total. The summed E-state index contributed by atoms with van der Waals surface area (Å²) in [5, 5.41) is 40.2. The van der Waals surface area contributed by atoms with Crippen molar-refractivity contribution < 1.29 is 0 Å². The molecule has 0 radical (unpaired) electrons. The second kappa shape index (κ2) is 29.3. The van der Waals surface area contributed by atoms with Crippen molar-refractivity contribution in [3.8, 4) is 68.3 Å². The number of benzene rings is 18. The summed E-state index contributed by atoms with van der Waals surface area (Å²) in [6.45, 7) is 8.82. The average Bonchev–Trinajstić information content (AvgIpc) is 1.46. The topological polar surface area (TPSA) is 67.3 Å². The van der Waals surface area contributed by atoms with Gasteiger partial charge in [-0.2, -0.15) is 0 Å². The molecule has 0 aliphatic heterocycles. The maximum absolute atomic E-state index is 10.4. The molecule has 0 amide bonds. The van der Waals surface area contributed by atoms with Crippen LogP contribution in [-0.2, 0) is 0 Å². The minimum atomic E-state index is -4.01. The predicted octanol–water partition coefficient (Wildman–Crippen LogP) is 22.3. The first-order valence-electron chi connectivity index (χ1n) is 42.2. The SMILES string of the molecule is Cc1ccc2c(c1)c1cc(C)ccc1n2-c1ccc([SiH-](c2ccccc2)(c2ccc(-c3ccc(C#N)cc3)cc2)c2ccc(-c3cccc4c3c3ccccc3n4-c3cc([SiH-](c4ccccc4)(c4ccccc4)c4ccc(-c5ccccc5C#N)cc4)ccc3-n3c4ccccc4c4ccccc43)cc2)cc1-n1c2ccc(C)cc2c2cc(C)ccc21. The van der Waals surface area contributed by atoms with Gasteiger partial charge in [0.15, 0.2) is 0 Å². The van der Waals surface area contributed by atoms with Gasteiger partial charge in [0.25, 0.3) is 0 Å².